The lowest BCUT2D eigenvalue weighted by atomic mass is 10.1. The molecule has 0 saturated carbocycles. The third-order valence-electron chi connectivity index (χ3n) is 4.86. The highest BCUT2D eigenvalue weighted by Crippen LogP contribution is 2.29. The fraction of sp³-hybridized carbons (Fsp3) is 0.250. The zero-order valence-corrected chi connectivity index (χ0v) is 19.1. The fourth-order valence-electron chi connectivity index (χ4n) is 3.13. The largest absolute Gasteiger partial charge is 0.497 e. The fourth-order valence-corrected chi connectivity index (χ4v) is 3.37. The van der Waals surface area contributed by atoms with E-state index in [0.29, 0.717) is 24.0 Å². The molecule has 6 nitrogen and oxygen atoms in total. The Kier molecular flexibility index (Phi) is 7.67. The van der Waals surface area contributed by atoms with Crippen LogP contribution in [0.3, 0.4) is 0 Å². The van der Waals surface area contributed by atoms with Crippen LogP contribution in [0.1, 0.15) is 11.1 Å². The van der Waals surface area contributed by atoms with E-state index in [9.17, 15) is 0 Å². The van der Waals surface area contributed by atoms with Gasteiger partial charge in [-0.1, -0.05) is 18.2 Å². The van der Waals surface area contributed by atoms with Gasteiger partial charge in [-0.2, -0.15) is 0 Å². The molecule has 3 aromatic rings. The molecule has 162 valence electrons. The molecule has 7 heteroatoms. The molecule has 0 spiro atoms. The molecule has 0 aliphatic rings. The number of thiocarbonyl (C=S) groups is 1. The quantitative estimate of drug-likeness (QED) is 0.519. The zero-order chi connectivity index (χ0) is 22.2. The van der Waals surface area contributed by atoms with E-state index in [4.69, 9.17) is 21.7 Å². The number of pyridine rings is 1. The van der Waals surface area contributed by atoms with Gasteiger partial charge >= 0.3 is 0 Å². The lowest BCUT2D eigenvalue weighted by molar-refractivity contribution is 0.394. The first-order valence-electron chi connectivity index (χ1n) is 9.93. The highest BCUT2D eigenvalue weighted by Gasteiger charge is 2.14. The van der Waals surface area contributed by atoms with Gasteiger partial charge in [-0.05, 0) is 53.7 Å². The van der Waals surface area contributed by atoms with Crippen molar-refractivity contribution in [2.24, 2.45) is 0 Å². The van der Waals surface area contributed by atoms with Gasteiger partial charge in [-0.15, -0.1) is 0 Å². The number of hydrogen-bond donors (Lipinski definition) is 1. The van der Waals surface area contributed by atoms with E-state index in [1.165, 1.54) is 5.56 Å². The number of aromatic nitrogens is 1. The molecule has 0 saturated heterocycles. The summed E-state index contributed by atoms with van der Waals surface area (Å²) in [5, 5.41) is 3.93. The Balaban J connectivity index is 1.82. The third-order valence-corrected chi connectivity index (χ3v) is 5.22. The molecule has 1 heterocycles. The van der Waals surface area contributed by atoms with Crippen LogP contribution in [-0.4, -0.2) is 43.3 Å². The average Bonchev–Trinajstić information content (AvgIpc) is 2.80. The predicted molar refractivity (Wildman–Crippen MR) is 130 cm³/mol. The second-order valence-electron chi connectivity index (χ2n) is 7.27. The first kappa shape index (κ1) is 22.4. The van der Waals surface area contributed by atoms with Crippen LogP contribution >= 0.6 is 12.2 Å². The van der Waals surface area contributed by atoms with Gasteiger partial charge < -0.3 is 24.6 Å². The van der Waals surface area contributed by atoms with Crippen molar-refractivity contribution >= 4 is 28.7 Å². The topological polar surface area (TPSA) is 49.9 Å². The van der Waals surface area contributed by atoms with Gasteiger partial charge in [0, 0.05) is 51.3 Å². The van der Waals surface area contributed by atoms with Crippen LogP contribution in [-0.2, 0) is 13.1 Å². The van der Waals surface area contributed by atoms with Crippen LogP contribution in [0.4, 0.5) is 11.4 Å². The lowest BCUT2D eigenvalue weighted by Gasteiger charge is -2.27. The van der Waals surface area contributed by atoms with Crippen molar-refractivity contribution in [2.75, 3.05) is 38.5 Å². The Hall–Kier alpha value is -3.32. The van der Waals surface area contributed by atoms with Gasteiger partial charge in [-0.25, -0.2) is 0 Å². The number of nitrogens with one attached hydrogen (secondary N) is 1. The number of nitrogens with zero attached hydrogens (tertiary/aromatic N) is 3. The van der Waals surface area contributed by atoms with Crippen LogP contribution in [0.15, 0.2) is 67.0 Å². The van der Waals surface area contributed by atoms with Crippen LogP contribution in [0, 0.1) is 0 Å². The van der Waals surface area contributed by atoms with Crippen molar-refractivity contribution in [2.45, 2.75) is 13.1 Å². The highest BCUT2D eigenvalue weighted by atomic mass is 32.1. The molecule has 1 aromatic heterocycles. The summed E-state index contributed by atoms with van der Waals surface area (Å²) in [7, 11) is 7.32. The van der Waals surface area contributed by atoms with Crippen molar-refractivity contribution in [3.05, 3.63) is 78.1 Å². The van der Waals surface area contributed by atoms with E-state index in [0.717, 1.165) is 22.7 Å². The molecule has 0 radical (unpaired) electrons. The molecule has 2 aromatic carbocycles. The smallest absolute Gasteiger partial charge is 0.174 e. The van der Waals surface area contributed by atoms with Gasteiger partial charge in [-0.3, -0.25) is 4.98 Å². The number of ether oxygens (including phenoxy) is 2. The molecule has 0 amide bonds. The van der Waals surface area contributed by atoms with Gasteiger partial charge in [0.25, 0.3) is 0 Å². The molecule has 0 aliphatic carbocycles. The Labute approximate surface area is 189 Å². The van der Waals surface area contributed by atoms with E-state index in [1.54, 1.807) is 20.4 Å². The van der Waals surface area contributed by atoms with Crippen molar-refractivity contribution in [1.29, 1.82) is 0 Å². The van der Waals surface area contributed by atoms with Crippen LogP contribution in [0.5, 0.6) is 11.5 Å². The summed E-state index contributed by atoms with van der Waals surface area (Å²) in [5.74, 6) is 1.39. The molecule has 0 bridgehead atoms. The zero-order valence-electron chi connectivity index (χ0n) is 18.3. The van der Waals surface area contributed by atoms with Crippen molar-refractivity contribution < 1.29 is 9.47 Å². The van der Waals surface area contributed by atoms with Crippen LogP contribution in [0.2, 0.25) is 0 Å². The maximum Gasteiger partial charge on any atom is 0.174 e. The van der Waals surface area contributed by atoms with Crippen molar-refractivity contribution in [3.63, 3.8) is 0 Å². The van der Waals surface area contributed by atoms with E-state index >= 15 is 0 Å². The highest BCUT2D eigenvalue weighted by molar-refractivity contribution is 7.80. The monoisotopic (exact) mass is 436 g/mol. The molecule has 3 rings (SSSR count). The summed E-state index contributed by atoms with van der Waals surface area (Å²) in [4.78, 5) is 8.43. The summed E-state index contributed by atoms with van der Waals surface area (Å²) in [6.45, 7) is 1.29. The predicted octanol–water partition coefficient (Wildman–Crippen LogP) is 4.56. The molecule has 0 fully saturated rings. The van der Waals surface area contributed by atoms with Gasteiger partial charge in [0.1, 0.15) is 11.5 Å². The van der Waals surface area contributed by atoms with Crippen molar-refractivity contribution in [3.8, 4) is 11.5 Å². The number of benzene rings is 2. The SMILES string of the molecule is COc1ccc(NC(=S)N(Cc2ccc(N(C)C)cc2)Cc2cccnc2)c(OC)c1. The number of rotatable bonds is 8. The Morgan fingerprint density at radius 2 is 1.71 bits per heavy atom. The number of methoxy groups -OCH3 is 2. The first-order valence-corrected chi connectivity index (χ1v) is 10.3. The van der Waals surface area contributed by atoms with Gasteiger partial charge in [0.2, 0.25) is 0 Å². The minimum atomic E-state index is 0.601. The maximum absolute atomic E-state index is 5.79. The summed E-state index contributed by atoms with van der Waals surface area (Å²) >= 11 is 5.79. The van der Waals surface area contributed by atoms with Gasteiger partial charge in [0.15, 0.2) is 5.11 Å². The molecular weight excluding hydrogens is 408 g/mol. The molecular formula is C24H28N4O2S. The molecule has 0 atom stereocenters. The number of anilines is 2. The number of hydrogen-bond acceptors (Lipinski definition) is 5. The molecule has 1 N–H and O–H groups in total. The minimum absolute atomic E-state index is 0.601. The second kappa shape index (κ2) is 10.6. The van der Waals surface area contributed by atoms with E-state index < -0.39 is 0 Å². The van der Waals surface area contributed by atoms with Crippen LogP contribution in [0.25, 0.3) is 0 Å². The second-order valence-corrected chi connectivity index (χ2v) is 7.66. The Morgan fingerprint density at radius 1 is 0.968 bits per heavy atom. The maximum atomic E-state index is 5.79. The van der Waals surface area contributed by atoms with E-state index in [1.807, 2.05) is 50.6 Å². The third kappa shape index (κ3) is 6.08. The Morgan fingerprint density at radius 3 is 2.32 bits per heavy atom. The molecule has 0 unspecified atom stereocenters. The van der Waals surface area contributed by atoms with E-state index in [2.05, 4.69) is 44.4 Å². The molecule has 0 aliphatic heterocycles. The summed E-state index contributed by atoms with van der Waals surface area (Å²) < 4.78 is 10.8. The Bertz CT molecular complexity index is 994. The summed E-state index contributed by atoms with van der Waals surface area (Å²) in [6, 6.07) is 18.1. The lowest BCUT2D eigenvalue weighted by Crippen LogP contribution is -2.34. The standard InChI is InChI=1S/C24H28N4O2S/c1-27(2)20-9-7-18(8-10-20)16-28(17-19-6-5-13-25-15-19)24(31)26-22-12-11-21(29-3)14-23(22)30-4/h5-15H,16-17H2,1-4H3,(H,26,31). The van der Waals surface area contributed by atoms with Crippen LogP contribution < -0.4 is 19.7 Å². The van der Waals surface area contributed by atoms with E-state index in [-0.39, 0.29) is 0 Å². The minimum Gasteiger partial charge on any atom is -0.497 e. The van der Waals surface area contributed by atoms with Gasteiger partial charge in [0.05, 0.1) is 19.9 Å². The van der Waals surface area contributed by atoms with Crippen molar-refractivity contribution in [1.82, 2.24) is 9.88 Å². The summed E-state index contributed by atoms with van der Waals surface area (Å²) in [6.07, 6.45) is 3.63. The average molecular weight is 437 g/mol. The normalized spacial score (nSPS) is 10.3. The first-order chi connectivity index (χ1) is 15.0. The summed E-state index contributed by atoms with van der Waals surface area (Å²) in [5.41, 5.74) is 4.19. The molecule has 31 heavy (non-hydrogen) atoms.